The van der Waals surface area contributed by atoms with Crippen LogP contribution in [0.25, 0.3) is 0 Å². The Morgan fingerprint density at radius 3 is 3.00 bits per heavy atom. The summed E-state index contributed by atoms with van der Waals surface area (Å²) in [6.45, 7) is 6.16. The first-order valence-electron chi connectivity index (χ1n) is 5.27. The summed E-state index contributed by atoms with van der Waals surface area (Å²) in [5, 5.41) is 0. The van der Waals surface area contributed by atoms with E-state index in [0.717, 1.165) is 22.8 Å². The predicted molar refractivity (Wildman–Crippen MR) is 57.4 cm³/mol. The van der Waals surface area contributed by atoms with Gasteiger partial charge >= 0.3 is 84.2 Å². The third-order valence-corrected chi connectivity index (χ3v) is 3.92. The molecule has 0 aliphatic carbocycles. The van der Waals surface area contributed by atoms with Crippen LogP contribution in [0.3, 0.4) is 0 Å². The Balaban J connectivity index is 2.26. The van der Waals surface area contributed by atoms with Crippen LogP contribution in [0.4, 0.5) is 0 Å². The molecule has 0 spiro atoms. The number of hydrogen-bond donors (Lipinski definition) is 1. The zero-order valence-corrected chi connectivity index (χ0v) is 12.7. The van der Waals surface area contributed by atoms with Crippen LogP contribution in [0.2, 0.25) is 0 Å². The number of piperidine rings is 1. The second-order valence-corrected chi connectivity index (χ2v) is 5.18. The minimum atomic E-state index is 0.824. The van der Waals surface area contributed by atoms with E-state index in [1.165, 1.54) is 45.3 Å². The van der Waals surface area contributed by atoms with Crippen molar-refractivity contribution in [3.63, 3.8) is 0 Å². The van der Waals surface area contributed by atoms with E-state index in [4.69, 9.17) is 0 Å². The van der Waals surface area contributed by atoms with Crippen LogP contribution in [0.15, 0.2) is 0 Å². The van der Waals surface area contributed by atoms with Gasteiger partial charge in [-0.2, -0.15) is 0 Å². The van der Waals surface area contributed by atoms with Gasteiger partial charge < -0.3 is 0 Å². The van der Waals surface area contributed by atoms with Crippen LogP contribution >= 0.6 is 0 Å². The normalized spacial score (nSPS) is 26.2. The predicted octanol–water partition coefficient (Wildman–Crippen LogP) is 0.121. The number of nitrogens with one attached hydrogen (secondary N) is 1. The van der Waals surface area contributed by atoms with Crippen LogP contribution in [-0.2, 0) is 0 Å². The van der Waals surface area contributed by atoms with Crippen LogP contribution in [0.5, 0.6) is 0 Å². The Bertz CT molecular complexity index is 119. The van der Waals surface area contributed by atoms with Gasteiger partial charge in [0, 0.05) is 0 Å². The second-order valence-electron chi connectivity index (χ2n) is 3.70. The molecule has 72 valence electrons. The third-order valence-electron chi connectivity index (χ3n) is 2.87. The molecular formula is C9H22GeN2. The van der Waals surface area contributed by atoms with E-state index in [1.807, 2.05) is 0 Å². The van der Waals surface area contributed by atoms with Crippen molar-refractivity contribution in [3.05, 3.63) is 0 Å². The van der Waals surface area contributed by atoms with Gasteiger partial charge in [-0.1, -0.05) is 0 Å². The molecule has 1 rings (SSSR count). The number of rotatable bonds is 4. The molecule has 0 saturated carbocycles. The first kappa shape index (κ1) is 10.5. The molecule has 0 bridgehead atoms. The van der Waals surface area contributed by atoms with E-state index >= 15 is 0 Å². The zero-order chi connectivity index (χ0) is 8.81. The summed E-state index contributed by atoms with van der Waals surface area (Å²) in [5.74, 6) is 0. The molecule has 1 fully saturated rings. The summed E-state index contributed by atoms with van der Waals surface area (Å²) in [5.41, 5.74) is 0. The van der Waals surface area contributed by atoms with Gasteiger partial charge in [0.1, 0.15) is 0 Å². The van der Waals surface area contributed by atoms with E-state index in [1.54, 1.807) is 0 Å². The maximum atomic E-state index is 3.41. The van der Waals surface area contributed by atoms with Gasteiger partial charge in [0.05, 0.1) is 0 Å². The summed E-state index contributed by atoms with van der Waals surface area (Å²) in [6, 6.07) is 0.889. The minimum absolute atomic E-state index is 0.824. The fourth-order valence-electron chi connectivity index (χ4n) is 2.07. The molecule has 0 aromatic heterocycles. The molecule has 0 aromatic carbocycles. The van der Waals surface area contributed by atoms with Crippen molar-refractivity contribution < 1.29 is 0 Å². The molecule has 0 radical (unpaired) electrons. The second kappa shape index (κ2) is 6.00. The molecule has 1 atom stereocenters. The Hall–Kier alpha value is 0.463. The molecule has 0 aromatic rings. The van der Waals surface area contributed by atoms with E-state index in [-0.39, 0.29) is 0 Å². The standard InChI is InChI=1S/C9H22GeN2/c1-2-9-5-3-4-7-12(9)8-6-11-10/h9,11H,2-8H2,1,10H3. The van der Waals surface area contributed by atoms with Crippen molar-refractivity contribution in [2.45, 2.75) is 38.6 Å². The molecule has 1 N–H and O–H groups in total. The maximum absolute atomic E-state index is 3.41. The first-order valence-corrected chi connectivity index (χ1v) is 7.37. The average Bonchev–Trinajstić information content (AvgIpc) is 2.15. The average molecular weight is 231 g/mol. The van der Waals surface area contributed by atoms with Crippen LogP contribution in [-0.4, -0.2) is 47.3 Å². The quantitative estimate of drug-likeness (QED) is 0.691. The van der Waals surface area contributed by atoms with Gasteiger partial charge in [-0.05, 0) is 0 Å². The van der Waals surface area contributed by atoms with Crippen molar-refractivity contribution in [1.82, 2.24) is 9.17 Å². The number of likely N-dealkylation sites (tertiary alicyclic amines) is 1. The fourth-order valence-corrected chi connectivity index (χ4v) is 2.54. The molecule has 1 aliphatic heterocycles. The van der Waals surface area contributed by atoms with Crippen molar-refractivity contribution >= 4 is 16.7 Å². The van der Waals surface area contributed by atoms with E-state index in [2.05, 4.69) is 16.1 Å². The molecule has 1 unspecified atom stereocenters. The molecule has 2 nitrogen and oxygen atoms in total. The molecule has 1 saturated heterocycles. The molecule has 0 amide bonds. The summed E-state index contributed by atoms with van der Waals surface area (Å²) in [4.78, 5) is 2.67. The van der Waals surface area contributed by atoms with Crippen molar-refractivity contribution in [1.29, 1.82) is 0 Å². The van der Waals surface area contributed by atoms with E-state index in [9.17, 15) is 0 Å². The Morgan fingerprint density at radius 1 is 1.50 bits per heavy atom. The van der Waals surface area contributed by atoms with Gasteiger partial charge in [-0.25, -0.2) is 0 Å². The molecule has 12 heavy (non-hydrogen) atoms. The third kappa shape index (κ3) is 3.07. The first-order chi connectivity index (χ1) is 5.88. The summed E-state index contributed by atoms with van der Waals surface area (Å²) in [7, 11) is 0. The molecular weight excluding hydrogens is 209 g/mol. The summed E-state index contributed by atoms with van der Waals surface area (Å²) in [6.07, 6.45) is 5.64. The van der Waals surface area contributed by atoms with Crippen molar-refractivity contribution in [2.75, 3.05) is 19.6 Å². The van der Waals surface area contributed by atoms with Crippen LogP contribution < -0.4 is 4.27 Å². The Morgan fingerprint density at radius 2 is 2.33 bits per heavy atom. The van der Waals surface area contributed by atoms with E-state index in [0.29, 0.717) is 0 Å². The number of nitrogens with zero attached hydrogens (tertiary/aromatic N) is 1. The summed E-state index contributed by atoms with van der Waals surface area (Å²) < 4.78 is 3.41. The van der Waals surface area contributed by atoms with Crippen molar-refractivity contribution in [3.8, 4) is 0 Å². The zero-order valence-electron chi connectivity index (χ0n) is 8.47. The van der Waals surface area contributed by atoms with Crippen LogP contribution in [0, 0.1) is 0 Å². The Kier molecular flexibility index (Phi) is 5.27. The van der Waals surface area contributed by atoms with Gasteiger partial charge in [-0.3, -0.25) is 0 Å². The van der Waals surface area contributed by atoms with Gasteiger partial charge in [0.25, 0.3) is 0 Å². The van der Waals surface area contributed by atoms with E-state index < -0.39 is 0 Å². The number of hydrogen-bond acceptors (Lipinski definition) is 2. The summed E-state index contributed by atoms with van der Waals surface area (Å²) >= 11 is 0.824. The fraction of sp³-hybridized carbons (Fsp3) is 1.00. The topological polar surface area (TPSA) is 15.3 Å². The molecule has 1 heterocycles. The van der Waals surface area contributed by atoms with Gasteiger partial charge in [0.2, 0.25) is 0 Å². The SMILES string of the molecule is CCC1CCCCN1CC[NH][GeH3]. The van der Waals surface area contributed by atoms with Gasteiger partial charge in [0.15, 0.2) is 0 Å². The Labute approximate surface area is 84.5 Å². The molecule has 3 heteroatoms. The van der Waals surface area contributed by atoms with Crippen molar-refractivity contribution in [2.24, 2.45) is 0 Å². The van der Waals surface area contributed by atoms with Crippen LogP contribution in [0.1, 0.15) is 32.6 Å². The monoisotopic (exact) mass is 232 g/mol. The molecule has 1 aliphatic rings. The van der Waals surface area contributed by atoms with Gasteiger partial charge in [-0.15, -0.1) is 0 Å².